The summed E-state index contributed by atoms with van der Waals surface area (Å²) in [6.07, 6.45) is 1.33. The normalized spacial score (nSPS) is 13.6. The van der Waals surface area contributed by atoms with Gasteiger partial charge in [0.15, 0.2) is 5.41 Å². The zero-order valence-electron chi connectivity index (χ0n) is 9.52. The van der Waals surface area contributed by atoms with Crippen LogP contribution >= 0.6 is 0 Å². The highest BCUT2D eigenvalue weighted by molar-refractivity contribution is 5.85. The fourth-order valence-electron chi connectivity index (χ4n) is 1.21. The lowest BCUT2D eigenvalue weighted by molar-refractivity contribution is -0.147. The van der Waals surface area contributed by atoms with Gasteiger partial charge >= 0.3 is 5.97 Å². The number of aryl methyl sites for hydroxylation is 1. The summed E-state index contributed by atoms with van der Waals surface area (Å²) in [6, 6.07) is 3.55. The first-order valence-electron chi connectivity index (χ1n) is 4.92. The van der Waals surface area contributed by atoms with E-state index in [1.807, 2.05) is 6.07 Å². The van der Waals surface area contributed by atoms with E-state index in [-0.39, 0.29) is 6.61 Å². The molecular formula is C11H13N3O2. The summed E-state index contributed by atoms with van der Waals surface area (Å²) in [7, 11) is 0. The first-order chi connectivity index (χ1) is 7.54. The molecule has 0 N–H and O–H groups in total. The Hall–Kier alpha value is -1.96. The number of ether oxygens (including phenoxy) is 1. The van der Waals surface area contributed by atoms with Crippen LogP contribution in [0.3, 0.4) is 0 Å². The molecule has 0 fully saturated rings. The molecule has 1 aromatic rings. The van der Waals surface area contributed by atoms with Crippen molar-refractivity contribution in [2.24, 2.45) is 0 Å². The van der Waals surface area contributed by atoms with Crippen LogP contribution in [0.5, 0.6) is 0 Å². The Kier molecular flexibility index (Phi) is 3.56. The molecule has 1 heterocycles. The SMILES string of the molecule is CCOC(=O)C(C)(C#N)c1cc(C)ncn1. The van der Waals surface area contributed by atoms with Crippen LogP contribution in [0.25, 0.3) is 0 Å². The minimum atomic E-state index is -1.37. The van der Waals surface area contributed by atoms with E-state index < -0.39 is 11.4 Å². The monoisotopic (exact) mass is 219 g/mol. The molecule has 0 amide bonds. The lowest BCUT2D eigenvalue weighted by Crippen LogP contribution is -2.34. The van der Waals surface area contributed by atoms with E-state index in [2.05, 4.69) is 9.97 Å². The van der Waals surface area contributed by atoms with Crippen molar-refractivity contribution in [2.75, 3.05) is 6.61 Å². The van der Waals surface area contributed by atoms with Crippen molar-refractivity contribution in [3.63, 3.8) is 0 Å². The molecule has 0 aliphatic heterocycles. The fourth-order valence-corrected chi connectivity index (χ4v) is 1.21. The van der Waals surface area contributed by atoms with E-state index in [0.29, 0.717) is 11.4 Å². The van der Waals surface area contributed by atoms with Gasteiger partial charge in [-0.3, -0.25) is 0 Å². The van der Waals surface area contributed by atoms with Crippen LogP contribution in [-0.2, 0) is 14.9 Å². The number of aromatic nitrogens is 2. The lowest BCUT2D eigenvalue weighted by Gasteiger charge is -2.18. The van der Waals surface area contributed by atoms with Gasteiger partial charge in [0.25, 0.3) is 0 Å². The molecule has 0 aliphatic rings. The molecule has 0 aliphatic carbocycles. The van der Waals surface area contributed by atoms with E-state index >= 15 is 0 Å². The van der Waals surface area contributed by atoms with Crippen LogP contribution < -0.4 is 0 Å². The minimum Gasteiger partial charge on any atom is -0.465 e. The zero-order valence-corrected chi connectivity index (χ0v) is 9.52. The number of hydrogen-bond acceptors (Lipinski definition) is 5. The molecule has 0 saturated carbocycles. The third-order valence-electron chi connectivity index (χ3n) is 2.22. The Labute approximate surface area is 94.1 Å². The van der Waals surface area contributed by atoms with Crippen molar-refractivity contribution in [1.82, 2.24) is 9.97 Å². The first-order valence-corrected chi connectivity index (χ1v) is 4.92. The highest BCUT2D eigenvalue weighted by Crippen LogP contribution is 2.22. The molecule has 1 unspecified atom stereocenters. The summed E-state index contributed by atoms with van der Waals surface area (Å²) < 4.78 is 4.87. The van der Waals surface area contributed by atoms with Crippen LogP contribution in [0, 0.1) is 18.3 Å². The second kappa shape index (κ2) is 4.71. The van der Waals surface area contributed by atoms with Crippen molar-refractivity contribution >= 4 is 5.97 Å². The summed E-state index contributed by atoms with van der Waals surface area (Å²) in [5.74, 6) is -0.587. The van der Waals surface area contributed by atoms with Crippen molar-refractivity contribution in [2.45, 2.75) is 26.2 Å². The maximum atomic E-state index is 11.7. The summed E-state index contributed by atoms with van der Waals surface area (Å²) in [5, 5.41) is 9.12. The second-order valence-corrected chi connectivity index (χ2v) is 3.50. The quantitative estimate of drug-likeness (QED) is 0.712. The van der Waals surface area contributed by atoms with Crippen molar-refractivity contribution < 1.29 is 9.53 Å². The summed E-state index contributed by atoms with van der Waals surface area (Å²) in [5.41, 5.74) is -0.305. The van der Waals surface area contributed by atoms with Gasteiger partial charge in [0.2, 0.25) is 0 Å². The largest absolute Gasteiger partial charge is 0.465 e. The molecule has 0 bridgehead atoms. The molecule has 0 spiro atoms. The Bertz CT molecular complexity index is 439. The van der Waals surface area contributed by atoms with Gasteiger partial charge < -0.3 is 4.74 Å². The van der Waals surface area contributed by atoms with Gasteiger partial charge in [0.05, 0.1) is 18.4 Å². The smallest absolute Gasteiger partial charge is 0.332 e. The van der Waals surface area contributed by atoms with Crippen molar-refractivity contribution in [1.29, 1.82) is 5.26 Å². The molecule has 5 heteroatoms. The summed E-state index contributed by atoms with van der Waals surface area (Å²) >= 11 is 0. The third kappa shape index (κ3) is 2.16. The van der Waals surface area contributed by atoms with Gasteiger partial charge in [0, 0.05) is 5.69 Å². The Balaban J connectivity index is 3.16. The predicted molar refractivity (Wildman–Crippen MR) is 56.4 cm³/mol. The molecule has 1 atom stereocenters. The molecule has 0 aromatic carbocycles. The number of nitrogens with zero attached hydrogens (tertiary/aromatic N) is 3. The predicted octanol–water partition coefficient (Wildman–Crippen LogP) is 1.13. The first kappa shape index (κ1) is 12.1. The standard InChI is InChI=1S/C11H13N3O2/c1-4-16-10(15)11(3,6-12)9-5-8(2)13-7-14-9/h5,7H,4H2,1-3H3. The van der Waals surface area contributed by atoms with Crippen molar-refractivity contribution in [3.8, 4) is 6.07 Å². The number of hydrogen-bond donors (Lipinski definition) is 0. The second-order valence-electron chi connectivity index (χ2n) is 3.50. The van der Waals surface area contributed by atoms with Crippen LogP contribution in [0.2, 0.25) is 0 Å². The third-order valence-corrected chi connectivity index (χ3v) is 2.22. The van der Waals surface area contributed by atoms with Gasteiger partial charge in [-0.05, 0) is 26.8 Å². The van der Waals surface area contributed by atoms with E-state index in [1.165, 1.54) is 13.3 Å². The molecule has 0 radical (unpaired) electrons. The molecule has 84 valence electrons. The highest BCUT2D eigenvalue weighted by atomic mass is 16.5. The number of rotatable bonds is 3. The molecule has 16 heavy (non-hydrogen) atoms. The van der Waals surface area contributed by atoms with E-state index in [4.69, 9.17) is 10.00 Å². The fraction of sp³-hybridized carbons (Fsp3) is 0.455. The van der Waals surface area contributed by atoms with E-state index in [0.717, 1.165) is 0 Å². The van der Waals surface area contributed by atoms with Crippen molar-refractivity contribution in [3.05, 3.63) is 23.8 Å². The van der Waals surface area contributed by atoms with Gasteiger partial charge in [-0.25, -0.2) is 14.8 Å². The summed E-state index contributed by atoms with van der Waals surface area (Å²) in [4.78, 5) is 19.6. The van der Waals surface area contributed by atoms with Gasteiger partial charge in [0.1, 0.15) is 6.33 Å². The number of carbonyl (C=O) groups is 1. The van der Waals surface area contributed by atoms with Crippen LogP contribution in [0.1, 0.15) is 25.2 Å². The highest BCUT2D eigenvalue weighted by Gasteiger charge is 2.38. The number of nitriles is 1. The maximum Gasteiger partial charge on any atom is 0.332 e. The average Bonchev–Trinajstić information content (AvgIpc) is 2.28. The minimum absolute atomic E-state index is 0.236. The Morgan fingerprint density at radius 1 is 1.62 bits per heavy atom. The van der Waals surface area contributed by atoms with Gasteiger partial charge in [-0.2, -0.15) is 5.26 Å². The maximum absolute atomic E-state index is 11.7. The average molecular weight is 219 g/mol. The topological polar surface area (TPSA) is 75.9 Å². The Morgan fingerprint density at radius 2 is 2.31 bits per heavy atom. The van der Waals surface area contributed by atoms with Gasteiger partial charge in [-0.15, -0.1) is 0 Å². The van der Waals surface area contributed by atoms with E-state index in [1.54, 1.807) is 19.9 Å². The van der Waals surface area contributed by atoms with Crippen LogP contribution in [-0.4, -0.2) is 22.5 Å². The number of esters is 1. The van der Waals surface area contributed by atoms with Crippen LogP contribution in [0.4, 0.5) is 0 Å². The molecule has 5 nitrogen and oxygen atoms in total. The number of carbonyl (C=O) groups excluding carboxylic acids is 1. The summed E-state index contributed by atoms with van der Waals surface area (Å²) in [6.45, 7) is 5.20. The lowest BCUT2D eigenvalue weighted by atomic mass is 9.88. The van der Waals surface area contributed by atoms with E-state index in [9.17, 15) is 4.79 Å². The molecule has 0 saturated heterocycles. The molecule has 1 aromatic heterocycles. The van der Waals surface area contributed by atoms with Gasteiger partial charge in [-0.1, -0.05) is 0 Å². The molecule has 1 rings (SSSR count). The van der Waals surface area contributed by atoms with Crippen LogP contribution in [0.15, 0.2) is 12.4 Å². The molecular weight excluding hydrogens is 206 g/mol. The Morgan fingerprint density at radius 3 is 2.81 bits per heavy atom. The zero-order chi connectivity index (χ0) is 12.2.